The van der Waals surface area contributed by atoms with Crippen LogP contribution in [0, 0.1) is 12.7 Å². The fourth-order valence-corrected chi connectivity index (χ4v) is 1.22. The quantitative estimate of drug-likeness (QED) is 0.703. The average molecular weight is 196 g/mol. The second-order valence-electron chi connectivity index (χ2n) is 2.94. The maximum absolute atomic E-state index is 13.1. The predicted octanol–water partition coefficient (Wildman–Crippen LogP) is 3.47. The molecule has 13 heavy (non-hydrogen) atoms. The summed E-state index contributed by atoms with van der Waals surface area (Å²) in [7, 11) is 0. The van der Waals surface area contributed by atoms with Gasteiger partial charge in [0.1, 0.15) is 5.82 Å². The molecular formula is C11H13FS. The summed E-state index contributed by atoms with van der Waals surface area (Å²) in [6.07, 6.45) is 4.61. The largest absolute Gasteiger partial charge is 0.206 e. The van der Waals surface area contributed by atoms with Crippen LogP contribution in [-0.4, -0.2) is 5.75 Å². The second kappa shape index (κ2) is 5.07. The summed E-state index contributed by atoms with van der Waals surface area (Å²) in [6.45, 7) is 1.95. The minimum atomic E-state index is -0.166. The van der Waals surface area contributed by atoms with Gasteiger partial charge in [0, 0.05) is 5.56 Å². The minimum absolute atomic E-state index is 0.166. The van der Waals surface area contributed by atoms with Gasteiger partial charge in [0.05, 0.1) is 0 Å². The van der Waals surface area contributed by atoms with Gasteiger partial charge in [-0.25, -0.2) is 4.39 Å². The van der Waals surface area contributed by atoms with Crippen molar-refractivity contribution >= 4 is 18.7 Å². The van der Waals surface area contributed by atoms with Crippen LogP contribution in [0.15, 0.2) is 24.3 Å². The molecule has 0 saturated heterocycles. The van der Waals surface area contributed by atoms with Crippen LogP contribution in [0.25, 0.3) is 6.08 Å². The SMILES string of the molecule is Cc1ccc(F)c(C=CCCS)c1. The summed E-state index contributed by atoms with van der Waals surface area (Å²) >= 11 is 4.07. The molecule has 1 aromatic rings. The molecule has 0 bridgehead atoms. The Hall–Kier alpha value is -0.760. The molecule has 0 amide bonds. The van der Waals surface area contributed by atoms with Crippen LogP contribution in [-0.2, 0) is 0 Å². The molecule has 0 N–H and O–H groups in total. The van der Waals surface area contributed by atoms with Gasteiger partial charge in [-0.05, 0) is 31.2 Å². The van der Waals surface area contributed by atoms with Gasteiger partial charge in [0.15, 0.2) is 0 Å². The molecule has 0 aromatic heterocycles. The van der Waals surface area contributed by atoms with Gasteiger partial charge in [0.2, 0.25) is 0 Å². The number of rotatable bonds is 3. The van der Waals surface area contributed by atoms with Crippen molar-refractivity contribution in [3.8, 4) is 0 Å². The third-order valence-corrected chi connectivity index (χ3v) is 2.00. The van der Waals surface area contributed by atoms with Crippen molar-refractivity contribution in [2.24, 2.45) is 0 Å². The van der Waals surface area contributed by atoms with Crippen molar-refractivity contribution in [3.63, 3.8) is 0 Å². The molecule has 0 heterocycles. The van der Waals surface area contributed by atoms with Gasteiger partial charge < -0.3 is 0 Å². The molecule has 1 rings (SSSR count). The summed E-state index contributed by atoms with van der Waals surface area (Å²) < 4.78 is 13.1. The molecule has 0 aliphatic rings. The van der Waals surface area contributed by atoms with E-state index in [1.165, 1.54) is 6.07 Å². The van der Waals surface area contributed by atoms with Crippen LogP contribution >= 0.6 is 12.6 Å². The zero-order valence-electron chi connectivity index (χ0n) is 7.63. The molecule has 1 aromatic carbocycles. The van der Waals surface area contributed by atoms with Crippen LogP contribution in [0.3, 0.4) is 0 Å². The van der Waals surface area contributed by atoms with E-state index in [9.17, 15) is 4.39 Å². The highest BCUT2D eigenvalue weighted by Crippen LogP contribution is 2.11. The van der Waals surface area contributed by atoms with Crippen molar-refractivity contribution in [3.05, 3.63) is 41.2 Å². The number of thiol groups is 1. The first-order chi connectivity index (χ1) is 6.24. The van der Waals surface area contributed by atoms with Gasteiger partial charge in [-0.2, -0.15) is 12.6 Å². The first-order valence-electron chi connectivity index (χ1n) is 4.27. The Bertz CT molecular complexity index is 305. The maximum Gasteiger partial charge on any atom is 0.130 e. The normalized spacial score (nSPS) is 11.0. The highest BCUT2D eigenvalue weighted by molar-refractivity contribution is 7.80. The van der Waals surface area contributed by atoms with E-state index in [4.69, 9.17) is 0 Å². The van der Waals surface area contributed by atoms with Gasteiger partial charge in [-0.3, -0.25) is 0 Å². The summed E-state index contributed by atoms with van der Waals surface area (Å²) in [5.41, 5.74) is 1.73. The van der Waals surface area contributed by atoms with Crippen LogP contribution < -0.4 is 0 Å². The summed E-state index contributed by atoms with van der Waals surface area (Å²) in [6, 6.07) is 5.10. The summed E-state index contributed by atoms with van der Waals surface area (Å²) in [4.78, 5) is 0. The van der Waals surface area contributed by atoms with Crippen LogP contribution in [0.4, 0.5) is 4.39 Å². The third kappa shape index (κ3) is 3.23. The summed E-state index contributed by atoms with van der Waals surface area (Å²) in [5.74, 6) is 0.630. The number of allylic oxidation sites excluding steroid dienone is 1. The third-order valence-electron chi connectivity index (χ3n) is 1.74. The first kappa shape index (κ1) is 10.3. The molecule has 0 saturated carbocycles. The molecule has 0 nitrogen and oxygen atoms in total. The van der Waals surface area contributed by atoms with Crippen molar-refractivity contribution in [1.29, 1.82) is 0 Å². The molecule has 70 valence electrons. The Kier molecular flexibility index (Phi) is 4.03. The lowest BCUT2D eigenvalue weighted by Gasteiger charge is -1.98. The van der Waals surface area contributed by atoms with E-state index in [-0.39, 0.29) is 5.82 Å². The van der Waals surface area contributed by atoms with E-state index < -0.39 is 0 Å². The molecule has 0 aliphatic carbocycles. The Labute approximate surface area is 83.9 Å². The van der Waals surface area contributed by atoms with Crippen LogP contribution in [0.2, 0.25) is 0 Å². The molecular weight excluding hydrogens is 183 g/mol. The monoisotopic (exact) mass is 196 g/mol. The minimum Gasteiger partial charge on any atom is -0.206 e. The fourth-order valence-electron chi connectivity index (χ4n) is 1.08. The van der Waals surface area contributed by atoms with Gasteiger partial charge in [0.25, 0.3) is 0 Å². The number of hydrogen-bond acceptors (Lipinski definition) is 1. The summed E-state index contributed by atoms with van der Waals surface area (Å²) in [5, 5.41) is 0. The number of halogens is 1. The van der Waals surface area contributed by atoms with Crippen molar-refractivity contribution < 1.29 is 4.39 Å². The molecule has 0 atom stereocenters. The highest BCUT2D eigenvalue weighted by atomic mass is 32.1. The molecule has 0 aliphatic heterocycles. The van der Waals surface area contributed by atoms with Crippen molar-refractivity contribution in [2.45, 2.75) is 13.3 Å². The standard InChI is InChI=1S/C11H13FS/c1-9-5-6-11(12)10(8-9)4-2-3-7-13/h2,4-6,8,13H,3,7H2,1H3. The number of aryl methyl sites for hydroxylation is 1. The van der Waals surface area contributed by atoms with E-state index in [1.54, 1.807) is 12.1 Å². The smallest absolute Gasteiger partial charge is 0.130 e. The van der Waals surface area contributed by atoms with E-state index in [1.807, 2.05) is 19.1 Å². The zero-order valence-corrected chi connectivity index (χ0v) is 8.52. The van der Waals surface area contributed by atoms with Crippen molar-refractivity contribution in [1.82, 2.24) is 0 Å². The van der Waals surface area contributed by atoms with E-state index >= 15 is 0 Å². The molecule has 0 spiro atoms. The first-order valence-corrected chi connectivity index (χ1v) is 4.91. The average Bonchev–Trinajstić information content (AvgIpc) is 2.11. The Morgan fingerprint density at radius 1 is 1.46 bits per heavy atom. The van der Waals surface area contributed by atoms with Gasteiger partial charge in [-0.15, -0.1) is 0 Å². The van der Waals surface area contributed by atoms with E-state index in [0.29, 0.717) is 5.56 Å². The highest BCUT2D eigenvalue weighted by Gasteiger charge is 1.96. The van der Waals surface area contributed by atoms with E-state index in [0.717, 1.165) is 17.7 Å². The lowest BCUT2D eigenvalue weighted by molar-refractivity contribution is 0.624. The fraction of sp³-hybridized carbons (Fsp3) is 0.273. The topological polar surface area (TPSA) is 0 Å². The van der Waals surface area contributed by atoms with Crippen LogP contribution in [0.5, 0.6) is 0 Å². The molecule has 2 heteroatoms. The Balaban J connectivity index is 2.81. The number of benzene rings is 1. The number of hydrogen-bond donors (Lipinski definition) is 1. The Morgan fingerprint density at radius 3 is 2.92 bits per heavy atom. The van der Waals surface area contributed by atoms with Gasteiger partial charge in [-0.1, -0.05) is 23.8 Å². The van der Waals surface area contributed by atoms with Crippen molar-refractivity contribution in [2.75, 3.05) is 5.75 Å². The second-order valence-corrected chi connectivity index (χ2v) is 3.39. The van der Waals surface area contributed by atoms with Crippen LogP contribution in [0.1, 0.15) is 17.5 Å². The predicted molar refractivity (Wildman–Crippen MR) is 58.6 cm³/mol. The molecule has 0 fully saturated rings. The molecule has 0 unspecified atom stereocenters. The van der Waals surface area contributed by atoms with Gasteiger partial charge >= 0.3 is 0 Å². The Morgan fingerprint density at radius 2 is 2.23 bits per heavy atom. The lowest BCUT2D eigenvalue weighted by Crippen LogP contribution is -1.83. The maximum atomic E-state index is 13.1. The molecule has 0 radical (unpaired) electrons. The van der Waals surface area contributed by atoms with E-state index in [2.05, 4.69) is 12.6 Å². The lowest BCUT2D eigenvalue weighted by atomic mass is 10.1. The zero-order chi connectivity index (χ0) is 9.68.